The fraction of sp³-hybridized carbons (Fsp3) is 0.235. The minimum absolute atomic E-state index is 0.00913. The summed E-state index contributed by atoms with van der Waals surface area (Å²) >= 11 is 0. The van der Waals surface area contributed by atoms with Gasteiger partial charge in [-0.1, -0.05) is 17.3 Å². The van der Waals surface area contributed by atoms with Crippen molar-refractivity contribution in [2.45, 2.75) is 6.54 Å². The van der Waals surface area contributed by atoms with Gasteiger partial charge < -0.3 is 20.4 Å². The number of carbonyl (C=O) groups is 1. The second-order valence-corrected chi connectivity index (χ2v) is 5.14. The van der Waals surface area contributed by atoms with Crippen molar-refractivity contribution in [3.8, 4) is 0 Å². The van der Waals surface area contributed by atoms with Crippen LogP contribution < -0.4 is 5.32 Å². The summed E-state index contributed by atoms with van der Waals surface area (Å²) in [6, 6.07) is 8.85. The van der Waals surface area contributed by atoms with Crippen LogP contribution in [0, 0.1) is 5.82 Å². The Balaban J connectivity index is 1.73. The van der Waals surface area contributed by atoms with Crippen molar-refractivity contribution < 1.29 is 24.2 Å². The highest BCUT2D eigenvalue weighted by molar-refractivity contribution is 6.01. The highest BCUT2D eigenvalue weighted by Crippen LogP contribution is 2.04. The van der Waals surface area contributed by atoms with E-state index in [0.717, 1.165) is 5.56 Å². The molecule has 0 saturated heterocycles. The van der Waals surface area contributed by atoms with Gasteiger partial charge in [-0.3, -0.25) is 4.98 Å². The zero-order valence-electron chi connectivity index (χ0n) is 13.4. The van der Waals surface area contributed by atoms with Crippen LogP contribution in [0.5, 0.6) is 0 Å². The largest absolute Gasteiger partial charge is 0.478 e. The minimum atomic E-state index is -1.09. The summed E-state index contributed by atoms with van der Waals surface area (Å²) in [4.78, 5) is 14.9. The van der Waals surface area contributed by atoms with Gasteiger partial charge in [-0.25, -0.2) is 9.18 Å². The van der Waals surface area contributed by atoms with Gasteiger partial charge in [0.2, 0.25) is 0 Å². The third-order valence-electron chi connectivity index (χ3n) is 3.33. The van der Waals surface area contributed by atoms with Gasteiger partial charge in [-0.15, -0.1) is 0 Å². The summed E-state index contributed by atoms with van der Waals surface area (Å²) in [6.45, 7) is 1.45. The van der Waals surface area contributed by atoms with Crippen LogP contribution in [-0.4, -0.2) is 46.7 Å². The number of nitrogens with one attached hydrogen (secondary N) is 1. The van der Waals surface area contributed by atoms with Crippen LogP contribution in [0.3, 0.4) is 0 Å². The predicted octanol–water partition coefficient (Wildman–Crippen LogP) is 1.90. The first-order chi connectivity index (χ1) is 12.1. The maximum Gasteiger partial charge on any atom is 0.335 e. The van der Waals surface area contributed by atoms with Crippen LogP contribution >= 0.6 is 0 Å². The number of benzene rings is 1. The first-order valence-corrected chi connectivity index (χ1v) is 7.53. The Hall–Kier alpha value is -2.84. The maximum absolute atomic E-state index is 12.8. The second-order valence-electron chi connectivity index (χ2n) is 5.14. The van der Waals surface area contributed by atoms with Crippen molar-refractivity contribution >= 4 is 11.7 Å². The molecular weight excluding hydrogens is 329 g/mol. The van der Waals surface area contributed by atoms with Gasteiger partial charge in [0.15, 0.2) is 0 Å². The molecule has 0 spiro atoms. The standard InChI is InChI=1S/C17H18FN3O4/c18-14-3-1-12(2-4-14)10-19-7-8-25-11-16(21-24)15-9-13(17(22)23)5-6-20-15/h1-6,9,19,24H,7-8,10-11H2,(H,22,23)/b21-16+. The Kier molecular flexibility index (Phi) is 7.00. The van der Waals surface area contributed by atoms with Gasteiger partial charge in [0, 0.05) is 19.3 Å². The van der Waals surface area contributed by atoms with Crippen molar-refractivity contribution in [2.75, 3.05) is 19.8 Å². The van der Waals surface area contributed by atoms with E-state index in [0.29, 0.717) is 19.7 Å². The summed E-state index contributed by atoms with van der Waals surface area (Å²) in [5.74, 6) is -1.37. The molecule has 0 aliphatic heterocycles. The Labute approximate surface area is 143 Å². The first kappa shape index (κ1) is 18.5. The van der Waals surface area contributed by atoms with Crippen molar-refractivity contribution in [1.29, 1.82) is 0 Å². The number of carboxylic acids is 1. The number of rotatable bonds is 9. The number of aromatic carboxylic acids is 1. The summed E-state index contributed by atoms with van der Waals surface area (Å²) in [7, 11) is 0. The molecule has 7 nitrogen and oxygen atoms in total. The molecule has 132 valence electrons. The molecule has 0 radical (unpaired) electrons. The second kappa shape index (κ2) is 9.45. The van der Waals surface area contributed by atoms with Crippen LogP contribution in [0.2, 0.25) is 0 Å². The molecule has 0 amide bonds. The average Bonchev–Trinajstić information content (AvgIpc) is 2.62. The van der Waals surface area contributed by atoms with E-state index in [1.54, 1.807) is 12.1 Å². The van der Waals surface area contributed by atoms with Gasteiger partial charge in [-0.05, 0) is 29.8 Å². The lowest BCUT2D eigenvalue weighted by molar-refractivity contribution is 0.0696. The molecule has 2 rings (SSSR count). The molecule has 1 heterocycles. The molecule has 0 unspecified atom stereocenters. The number of aromatic nitrogens is 1. The van der Waals surface area contributed by atoms with E-state index in [1.807, 2.05) is 0 Å². The first-order valence-electron chi connectivity index (χ1n) is 7.53. The lowest BCUT2D eigenvalue weighted by Crippen LogP contribution is -2.22. The zero-order chi connectivity index (χ0) is 18.1. The van der Waals surface area contributed by atoms with E-state index < -0.39 is 5.97 Å². The van der Waals surface area contributed by atoms with E-state index in [2.05, 4.69) is 15.5 Å². The topological polar surface area (TPSA) is 104 Å². The number of hydrogen-bond donors (Lipinski definition) is 3. The quantitative estimate of drug-likeness (QED) is 0.277. The maximum atomic E-state index is 12.8. The molecule has 0 atom stereocenters. The molecule has 3 N–H and O–H groups in total. The highest BCUT2D eigenvalue weighted by Gasteiger charge is 2.10. The fourth-order valence-electron chi connectivity index (χ4n) is 2.02. The van der Waals surface area contributed by atoms with Crippen molar-refractivity contribution in [3.05, 3.63) is 65.2 Å². The zero-order valence-corrected chi connectivity index (χ0v) is 13.4. The molecule has 2 aromatic rings. The smallest absolute Gasteiger partial charge is 0.335 e. The molecule has 1 aromatic carbocycles. The van der Waals surface area contributed by atoms with Crippen LogP contribution in [0.15, 0.2) is 47.8 Å². The normalized spacial score (nSPS) is 11.5. The Morgan fingerprint density at radius 1 is 1.28 bits per heavy atom. The van der Waals surface area contributed by atoms with Crippen molar-refractivity contribution in [3.63, 3.8) is 0 Å². The SMILES string of the molecule is O=C(O)c1ccnc(/C(COCCNCc2ccc(F)cc2)=N/O)c1. The molecular formula is C17H18FN3O4. The molecule has 25 heavy (non-hydrogen) atoms. The van der Waals surface area contributed by atoms with Gasteiger partial charge in [-0.2, -0.15) is 0 Å². The number of carboxylic acid groups (broad SMARTS) is 1. The molecule has 0 bridgehead atoms. The van der Waals surface area contributed by atoms with E-state index in [-0.39, 0.29) is 29.4 Å². The molecule has 8 heteroatoms. The van der Waals surface area contributed by atoms with Gasteiger partial charge >= 0.3 is 5.97 Å². The molecule has 0 fully saturated rings. The minimum Gasteiger partial charge on any atom is -0.478 e. The number of ether oxygens (including phenoxy) is 1. The molecule has 1 aromatic heterocycles. The van der Waals surface area contributed by atoms with Crippen LogP contribution in [-0.2, 0) is 11.3 Å². The highest BCUT2D eigenvalue weighted by atomic mass is 19.1. The van der Waals surface area contributed by atoms with Crippen molar-refractivity contribution in [2.24, 2.45) is 5.16 Å². The van der Waals surface area contributed by atoms with Crippen molar-refractivity contribution in [1.82, 2.24) is 10.3 Å². The van der Waals surface area contributed by atoms with Crippen LogP contribution in [0.25, 0.3) is 0 Å². The summed E-state index contributed by atoms with van der Waals surface area (Å²) in [6.07, 6.45) is 1.33. The molecule has 0 aliphatic rings. The van der Waals surface area contributed by atoms with Gasteiger partial charge in [0.05, 0.1) is 24.5 Å². The monoisotopic (exact) mass is 347 g/mol. The van der Waals surface area contributed by atoms with Gasteiger partial charge in [0.1, 0.15) is 11.5 Å². The van der Waals surface area contributed by atoms with E-state index in [1.165, 1.54) is 30.5 Å². The number of oxime groups is 1. The number of hydrogen-bond acceptors (Lipinski definition) is 6. The average molecular weight is 347 g/mol. The summed E-state index contributed by atoms with van der Waals surface area (Å²) in [5, 5.41) is 24.3. The predicted molar refractivity (Wildman–Crippen MR) is 88.4 cm³/mol. The third kappa shape index (κ3) is 5.94. The Bertz CT molecular complexity index is 735. The lowest BCUT2D eigenvalue weighted by Gasteiger charge is -2.08. The molecule has 0 aliphatic carbocycles. The third-order valence-corrected chi connectivity index (χ3v) is 3.33. The lowest BCUT2D eigenvalue weighted by atomic mass is 10.2. The number of halogens is 1. The van der Waals surface area contributed by atoms with E-state index in [9.17, 15) is 9.18 Å². The Morgan fingerprint density at radius 3 is 2.72 bits per heavy atom. The number of nitrogens with zero attached hydrogens (tertiary/aromatic N) is 2. The van der Waals surface area contributed by atoms with E-state index >= 15 is 0 Å². The summed E-state index contributed by atoms with van der Waals surface area (Å²) < 4.78 is 18.2. The van der Waals surface area contributed by atoms with E-state index in [4.69, 9.17) is 15.1 Å². The van der Waals surface area contributed by atoms with Gasteiger partial charge in [0.25, 0.3) is 0 Å². The number of pyridine rings is 1. The van der Waals surface area contributed by atoms with Crippen LogP contribution in [0.1, 0.15) is 21.6 Å². The fourth-order valence-corrected chi connectivity index (χ4v) is 2.02. The van der Waals surface area contributed by atoms with Crippen LogP contribution in [0.4, 0.5) is 4.39 Å². The Morgan fingerprint density at radius 2 is 2.04 bits per heavy atom. The molecule has 0 saturated carbocycles. The summed E-state index contributed by atoms with van der Waals surface area (Å²) in [5.41, 5.74) is 1.38.